The van der Waals surface area contributed by atoms with Crippen molar-refractivity contribution >= 4 is 0 Å². The predicted octanol–water partition coefficient (Wildman–Crippen LogP) is 0.0523. The van der Waals surface area contributed by atoms with Crippen LogP contribution >= 0.6 is 0 Å². The first kappa shape index (κ1) is 9.26. The van der Waals surface area contributed by atoms with Gasteiger partial charge in [0.2, 0.25) is 0 Å². The Morgan fingerprint density at radius 3 is 2.60 bits per heavy atom. The normalized spacial score (nSPS) is 17.1. The molecule has 4 nitrogen and oxygen atoms in total. The van der Waals surface area contributed by atoms with E-state index in [1.54, 1.807) is 13.0 Å². The van der Waals surface area contributed by atoms with Crippen LogP contribution in [-0.4, -0.2) is 29.0 Å². The van der Waals surface area contributed by atoms with Crippen molar-refractivity contribution < 1.29 is 10.2 Å². The van der Waals surface area contributed by atoms with Crippen LogP contribution in [0.1, 0.15) is 6.92 Å². The molecule has 0 aromatic carbocycles. The lowest BCUT2D eigenvalue weighted by Crippen LogP contribution is -2.33. The third-order valence-electron chi connectivity index (χ3n) is 1.09. The number of aliphatic hydroxyl groups excluding tert-OH is 1. The summed E-state index contributed by atoms with van der Waals surface area (Å²) in [6.07, 6.45) is 2.90. The zero-order valence-electron chi connectivity index (χ0n) is 5.82. The highest BCUT2D eigenvalue weighted by atomic mass is 16.3. The smallest absolute Gasteiger partial charge is 0.129 e. The van der Waals surface area contributed by atoms with Gasteiger partial charge in [-0.15, -0.1) is 0 Å². The Kier molecular flexibility index (Phi) is 3.83. The maximum atomic E-state index is 9.70. The minimum Gasteiger partial charge on any atom is -0.393 e. The Balaban J connectivity index is 4.06. The van der Waals surface area contributed by atoms with Gasteiger partial charge in [-0.05, 0) is 6.92 Å². The molecule has 0 aliphatic carbocycles. The van der Waals surface area contributed by atoms with E-state index in [4.69, 9.17) is 5.11 Å². The van der Waals surface area contributed by atoms with Crippen molar-refractivity contribution in [1.29, 1.82) is 0 Å². The quantitative estimate of drug-likeness (QED) is 0.434. The summed E-state index contributed by atoms with van der Waals surface area (Å²) in [5, 5.41) is 20.2. The van der Waals surface area contributed by atoms with Crippen LogP contribution in [0.4, 0.5) is 0 Å². The van der Waals surface area contributed by atoms with Crippen molar-refractivity contribution in [1.82, 2.24) is 0 Å². The van der Waals surface area contributed by atoms with Gasteiger partial charge >= 0.3 is 0 Å². The van der Waals surface area contributed by atoms with Crippen LogP contribution in [0.15, 0.2) is 17.3 Å². The van der Waals surface area contributed by atoms with Gasteiger partial charge in [0.15, 0.2) is 0 Å². The fourth-order valence-corrected chi connectivity index (χ4v) is 0.577. The molecule has 0 fully saturated rings. The molecule has 0 spiro atoms. The number of hydrogen-bond donors (Lipinski definition) is 2. The van der Waals surface area contributed by atoms with Gasteiger partial charge in [0.1, 0.15) is 12.1 Å². The van der Waals surface area contributed by atoms with Crippen molar-refractivity contribution in [3.63, 3.8) is 0 Å². The molecule has 2 N–H and O–H groups in total. The van der Waals surface area contributed by atoms with Crippen molar-refractivity contribution in [2.75, 3.05) is 13.2 Å². The van der Waals surface area contributed by atoms with Gasteiger partial charge in [-0.1, -0.05) is 17.3 Å². The number of nitrogens with zero attached hydrogens (tertiary/aromatic N) is 1. The maximum Gasteiger partial charge on any atom is 0.129 e. The predicted molar refractivity (Wildman–Crippen MR) is 37.5 cm³/mol. The SMILES string of the molecule is C/C=C/C(O)(CO)CN=O. The molecular weight excluding hydrogens is 134 g/mol. The third kappa shape index (κ3) is 2.70. The Morgan fingerprint density at radius 2 is 2.30 bits per heavy atom. The van der Waals surface area contributed by atoms with Crippen LogP contribution in [0.3, 0.4) is 0 Å². The van der Waals surface area contributed by atoms with Gasteiger partial charge in [0.05, 0.1) is 6.61 Å². The fourth-order valence-electron chi connectivity index (χ4n) is 0.577. The molecule has 0 heterocycles. The molecule has 4 heteroatoms. The minimum atomic E-state index is -1.46. The van der Waals surface area contributed by atoms with E-state index in [0.29, 0.717) is 0 Å². The van der Waals surface area contributed by atoms with E-state index in [2.05, 4.69) is 5.18 Å². The molecule has 1 atom stereocenters. The van der Waals surface area contributed by atoms with Crippen molar-refractivity contribution in [2.45, 2.75) is 12.5 Å². The molecule has 0 saturated carbocycles. The van der Waals surface area contributed by atoms with Crippen LogP contribution in [0, 0.1) is 4.91 Å². The maximum absolute atomic E-state index is 9.70. The van der Waals surface area contributed by atoms with Gasteiger partial charge < -0.3 is 10.2 Å². The summed E-state index contributed by atoms with van der Waals surface area (Å²) in [5.74, 6) is 0. The molecule has 0 aliphatic heterocycles. The Morgan fingerprint density at radius 1 is 1.70 bits per heavy atom. The summed E-state index contributed by atoms with van der Waals surface area (Å²) in [7, 11) is 0. The summed E-state index contributed by atoms with van der Waals surface area (Å²) in [6, 6.07) is 0. The van der Waals surface area contributed by atoms with Gasteiger partial charge in [0, 0.05) is 0 Å². The highest BCUT2D eigenvalue weighted by Crippen LogP contribution is 2.05. The van der Waals surface area contributed by atoms with Crippen LogP contribution in [0.2, 0.25) is 0 Å². The lowest BCUT2D eigenvalue weighted by Gasteiger charge is -2.16. The third-order valence-corrected chi connectivity index (χ3v) is 1.09. The summed E-state index contributed by atoms with van der Waals surface area (Å²) in [5.41, 5.74) is -1.46. The highest BCUT2D eigenvalue weighted by Gasteiger charge is 2.21. The topological polar surface area (TPSA) is 69.9 Å². The molecule has 0 aromatic heterocycles. The van der Waals surface area contributed by atoms with Crippen molar-refractivity contribution in [3.8, 4) is 0 Å². The highest BCUT2D eigenvalue weighted by molar-refractivity contribution is 5.00. The first-order valence-corrected chi connectivity index (χ1v) is 2.95. The van der Waals surface area contributed by atoms with Gasteiger partial charge in [-0.25, -0.2) is 0 Å². The largest absolute Gasteiger partial charge is 0.393 e. The van der Waals surface area contributed by atoms with Crippen LogP contribution < -0.4 is 0 Å². The van der Waals surface area contributed by atoms with E-state index >= 15 is 0 Å². The molecule has 10 heavy (non-hydrogen) atoms. The average Bonchev–Trinajstić information content (AvgIpc) is 1.89. The van der Waals surface area contributed by atoms with Crippen LogP contribution in [-0.2, 0) is 0 Å². The molecule has 0 aromatic rings. The second-order valence-electron chi connectivity index (χ2n) is 2.05. The average molecular weight is 145 g/mol. The molecule has 0 amide bonds. The second kappa shape index (κ2) is 4.14. The Hall–Kier alpha value is -0.740. The molecule has 0 aliphatic rings. The minimum absolute atomic E-state index is 0.312. The van der Waals surface area contributed by atoms with Crippen LogP contribution in [0.25, 0.3) is 0 Å². The lowest BCUT2D eigenvalue weighted by molar-refractivity contribution is 0.0350. The number of hydrogen-bond acceptors (Lipinski definition) is 4. The standard InChI is InChI=1S/C6H11NO3/c1-2-3-6(9,5-8)4-7-10/h2-3,8-9H,4-5H2,1H3/b3-2+. The molecule has 58 valence electrons. The Labute approximate surface area is 59.2 Å². The van der Waals surface area contributed by atoms with Gasteiger partial charge in [-0.3, -0.25) is 0 Å². The molecule has 0 saturated heterocycles. The van der Waals surface area contributed by atoms with E-state index in [1.807, 2.05) is 0 Å². The van der Waals surface area contributed by atoms with E-state index in [1.165, 1.54) is 6.08 Å². The zero-order valence-corrected chi connectivity index (χ0v) is 5.82. The molecule has 0 radical (unpaired) electrons. The number of allylic oxidation sites excluding steroid dienone is 1. The summed E-state index contributed by atoms with van der Waals surface area (Å²) in [6.45, 7) is 0.891. The van der Waals surface area contributed by atoms with Crippen LogP contribution in [0.5, 0.6) is 0 Å². The summed E-state index contributed by atoms with van der Waals surface area (Å²) in [4.78, 5) is 9.70. The van der Waals surface area contributed by atoms with Crippen molar-refractivity contribution in [2.24, 2.45) is 5.18 Å². The van der Waals surface area contributed by atoms with E-state index < -0.39 is 12.2 Å². The second-order valence-corrected chi connectivity index (χ2v) is 2.05. The Bertz CT molecular complexity index is 135. The first-order valence-electron chi connectivity index (χ1n) is 2.95. The van der Waals surface area contributed by atoms with Crippen molar-refractivity contribution in [3.05, 3.63) is 17.1 Å². The molecule has 0 bridgehead atoms. The monoisotopic (exact) mass is 145 g/mol. The summed E-state index contributed by atoms with van der Waals surface area (Å²) < 4.78 is 0. The fraction of sp³-hybridized carbons (Fsp3) is 0.667. The van der Waals surface area contributed by atoms with Gasteiger partial charge in [0.25, 0.3) is 0 Å². The first-order chi connectivity index (χ1) is 4.68. The molecular formula is C6H11NO3. The molecule has 1 unspecified atom stereocenters. The van der Waals surface area contributed by atoms with E-state index in [9.17, 15) is 10.0 Å². The van der Waals surface area contributed by atoms with E-state index in [0.717, 1.165) is 0 Å². The lowest BCUT2D eigenvalue weighted by atomic mass is 10.1. The number of aliphatic hydroxyl groups is 2. The number of rotatable bonds is 4. The molecule has 0 rings (SSSR count). The number of nitroso groups, excluding NO2 is 1. The van der Waals surface area contributed by atoms with E-state index in [-0.39, 0.29) is 6.54 Å². The zero-order chi connectivity index (χ0) is 8.04. The van der Waals surface area contributed by atoms with Gasteiger partial charge in [-0.2, -0.15) is 4.91 Å². The summed E-state index contributed by atoms with van der Waals surface area (Å²) >= 11 is 0.